The summed E-state index contributed by atoms with van der Waals surface area (Å²) in [5.74, 6) is -2.65. The number of pyridine rings is 1. The minimum atomic E-state index is -1.05. The number of carbonyl (C=O) groups excluding carboxylic acids is 1. The molecule has 2 aromatic rings. The van der Waals surface area contributed by atoms with E-state index in [4.69, 9.17) is 10.5 Å². The van der Waals surface area contributed by atoms with Gasteiger partial charge in [-0.25, -0.2) is 18.6 Å². The van der Waals surface area contributed by atoms with Gasteiger partial charge in [0.1, 0.15) is 5.75 Å². The number of anilines is 1. The Kier molecular flexibility index (Phi) is 3.79. The summed E-state index contributed by atoms with van der Waals surface area (Å²) in [6.07, 6.45) is 1.21. The Hall–Kier alpha value is -2.70. The predicted octanol–water partition coefficient (Wildman–Crippen LogP) is 2.52. The molecular weight excluding hydrogens is 270 g/mol. The van der Waals surface area contributed by atoms with Crippen LogP contribution in [0, 0.1) is 11.6 Å². The number of benzene rings is 1. The summed E-state index contributed by atoms with van der Waals surface area (Å²) in [6, 6.07) is 4.27. The Morgan fingerprint density at radius 1 is 1.25 bits per heavy atom. The molecule has 7 heteroatoms. The number of nitrogens with zero attached hydrogens (tertiary/aromatic N) is 1. The molecule has 0 saturated carbocycles. The molecule has 0 aliphatic rings. The minimum Gasteiger partial charge on any atom is -0.465 e. The number of ether oxygens (including phenoxy) is 2. The van der Waals surface area contributed by atoms with Crippen LogP contribution in [0.4, 0.5) is 14.5 Å². The zero-order valence-corrected chi connectivity index (χ0v) is 10.4. The predicted molar refractivity (Wildman–Crippen MR) is 66.4 cm³/mol. The molecule has 0 bridgehead atoms. The number of esters is 1. The van der Waals surface area contributed by atoms with Gasteiger partial charge in [0.2, 0.25) is 5.88 Å². The molecule has 0 aliphatic carbocycles. The molecule has 0 fully saturated rings. The van der Waals surface area contributed by atoms with Crippen LogP contribution in [0.25, 0.3) is 0 Å². The molecule has 1 aromatic heterocycles. The first kappa shape index (κ1) is 13.7. The fourth-order valence-electron chi connectivity index (χ4n) is 1.45. The van der Waals surface area contributed by atoms with Gasteiger partial charge in [0, 0.05) is 12.1 Å². The van der Waals surface area contributed by atoms with Gasteiger partial charge in [0.15, 0.2) is 11.6 Å². The maximum Gasteiger partial charge on any atom is 0.340 e. The van der Waals surface area contributed by atoms with Crippen molar-refractivity contribution in [2.75, 3.05) is 12.8 Å². The fourth-order valence-corrected chi connectivity index (χ4v) is 1.45. The third kappa shape index (κ3) is 2.82. The first-order chi connectivity index (χ1) is 9.51. The van der Waals surface area contributed by atoms with Crippen molar-refractivity contribution in [3.63, 3.8) is 0 Å². The van der Waals surface area contributed by atoms with Crippen LogP contribution in [-0.2, 0) is 4.74 Å². The van der Waals surface area contributed by atoms with E-state index in [0.717, 1.165) is 12.1 Å². The van der Waals surface area contributed by atoms with Crippen molar-refractivity contribution < 1.29 is 23.0 Å². The molecule has 104 valence electrons. The van der Waals surface area contributed by atoms with Crippen molar-refractivity contribution in [3.05, 3.63) is 47.7 Å². The number of methoxy groups -OCH3 is 1. The molecule has 0 unspecified atom stereocenters. The quantitative estimate of drug-likeness (QED) is 0.874. The molecule has 0 saturated heterocycles. The van der Waals surface area contributed by atoms with Crippen LogP contribution < -0.4 is 10.5 Å². The van der Waals surface area contributed by atoms with Crippen molar-refractivity contribution in [2.45, 2.75) is 0 Å². The van der Waals surface area contributed by atoms with E-state index in [1.165, 1.54) is 25.4 Å². The van der Waals surface area contributed by atoms with Gasteiger partial charge in [-0.05, 0) is 12.1 Å². The number of rotatable bonds is 3. The summed E-state index contributed by atoms with van der Waals surface area (Å²) in [6.45, 7) is 0. The molecular formula is C13H10F2N2O3. The Morgan fingerprint density at radius 3 is 2.65 bits per heavy atom. The van der Waals surface area contributed by atoms with Gasteiger partial charge in [-0.15, -0.1) is 0 Å². The number of nitrogen functional groups attached to an aromatic ring is 1. The summed E-state index contributed by atoms with van der Waals surface area (Å²) in [5.41, 5.74) is 5.76. The Morgan fingerprint density at radius 2 is 2.00 bits per heavy atom. The van der Waals surface area contributed by atoms with E-state index in [-0.39, 0.29) is 22.9 Å². The van der Waals surface area contributed by atoms with Crippen molar-refractivity contribution in [2.24, 2.45) is 0 Å². The second kappa shape index (κ2) is 5.52. The smallest absolute Gasteiger partial charge is 0.340 e. The standard InChI is InChI=1S/C13H10F2N2O3/c1-19-13(18)8-5-12(17-6-11(8)16)20-7-2-3-9(14)10(15)4-7/h2-6H,16H2,1H3. The Labute approximate surface area is 112 Å². The highest BCUT2D eigenvalue weighted by Gasteiger charge is 2.13. The maximum atomic E-state index is 13.0. The highest BCUT2D eigenvalue weighted by Crippen LogP contribution is 2.24. The van der Waals surface area contributed by atoms with Crippen LogP contribution in [0.15, 0.2) is 30.5 Å². The SMILES string of the molecule is COC(=O)c1cc(Oc2ccc(F)c(F)c2)ncc1N. The lowest BCUT2D eigenvalue weighted by Crippen LogP contribution is -2.06. The Balaban J connectivity index is 2.29. The Bertz CT molecular complexity index is 662. The molecule has 0 radical (unpaired) electrons. The highest BCUT2D eigenvalue weighted by atomic mass is 19.2. The lowest BCUT2D eigenvalue weighted by Gasteiger charge is -2.08. The lowest BCUT2D eigenvalue weighted by molar-refractivity contribution is 0.0601. The monoisotopic (exact) mass is 280 g/mol. The molecule has 20 heavy (non-hydrogen) atoms. The molecule has 0 atom stereocenters. The van der Waals surface area contributed by atoms with Crippen molar-refractivity contribution in [3.8, 4) is 11.6 Å². The summed E-state index contributed by atoms with van der Waals surface area (Å²) < 4.78 is 35.6. The van der Waals surface area contributed by atoms with E-state index in [1.54, 1.807) is 0 Å². The molecule has 1 aromatic carbocycles. The number of aromatic nitrogens is 1. The molecule has 5 nitrogen and oxygen atoms in total. The number of halogens is 2. The van der Waals surface area contributed by atoms with E-state index in [0.29, 0.717) is 0 Å². The first-order valence-electron chi connectivity index (χ1n) is 5.48. The number of nitrogens with two attached hydrogens (primary N) is 1. The molecule has 0 amide bonds. The zero-order valence-electron chi connectivity index (χ0n) is 10.4. The lowest BCUT2D eigenvalue weighted by atomic mass is 10.2. The van der Waals surface area contributed by atoms with Gasteiger partial charge >= 0.3 is 5.97 Å². The van der Waals surface area contributed by atoms with Crippen molar-refractivity contribution >= 4 is 11.7 Å². The summed E-state index contributed by atoms with van der Waals surface area (Å²) in [4.78, 5) is 15.3. The average molecular weight is 280 g/mol. The topological polar surface area (TPSA) is 74.4 Å². The molecule has 2 N–H and O–H groups in total. The number of hydrogen-bond acceptors (Lipinski definition) is 5. The van der Waals surface area contributed by atoms with Crippen molar-refractivity contribution in [1.29, 1.82) is 0 Å². The van der Waals surface area contributed by atoms with Gasteiger partial charge < -0.3 is 15.2 Å². The van der Waals surface area contributed by atoms with Crippen LogP contribution in [0.1, 0.15) is 10.4 Å². The highest BCUT2D eigenvalue weighted by molar-refractivity contribution is 5.95. The van der Waals surface area contributed by atoms with Gasteiger partial charge in [0.25, 0.3) is 0 Å². The fraction of sp³-hybridized carbons (Fsp3) is 0.0769. The van der Waals surface area contributed by atoms with Crippen LogP contribution in [0.2, 0.25) is 0 Å². The average Bonchev–Trinajstić information content (AvgIpc) is 2.44. The van der Waals surface area contributed by atoms with Crippen molar-refractivity contribution in [1.82, 2.24) is 4.98 Å². The van der Waals surface area contributed by atoms with Crippen LogP contribution in [0.5, 0.6) is 11.6 Å². The van der Waals surface area contributed by atoms with Crippen LogP contribution in [0.3, 0.4) is 0 Å². The van der Waals surface area contributed by atoms with Crippen LogP contribution in [-0.4, -0.2) is 18.1 Å². The van der Waals surface area contributed by atoms with E-state index in [9.17, 15) is 13.6 Å². The largest absolute Gasteiger partial charge is 0.465 e. The number of carbonyl (C=O) groups is 1. The molecule has 2 rings (SSSR count). The molecule has 1 heterocycles. The van der Waals surface area contributed by atoms with Gasteiger partial charge in [-0.2, -0.15) is 0 Å². The summed E-state index contributed by atoms with van der Waals surface area (Å²) in [7, 11) is 1.21. The third-order valence-corrected chi connectivity index (χ3v) is 2.43. The second-order valence-corrected chi connectivity index (χ2v) is 3.78. The maximum absolute atomic E-state index is 13.0. The van der Waals surface area contributed by atoms with Gasteiger partial charge in [0.05, 0.1) is 24.6 Å². The third-order valence-electron chi connectivity index (χ3n) is 2.43. The van der Waals surface area contributed by atoms with Gasteiger partial charge in [-0.1, -0.05) is 0 Å². The van der Waals surface area contributed by atoms with E-state index < -0.39 is 17.6 Å². The second-order valence-electron chi connectivity index (χ2n) is 3.78. The van der Waals surface area contributed by atoms with Gasteiger partial charge in [-0.3, -0.25) is 0 Å². The zero-order chi connectivity index (χ0) is 14.7. The van der Waals surface area contributed by atoms with Crippen LogP contribution >= 0.6 is 0 Å². The van der Waals surface area contributed by atoms with E-state index >= 15 is 0 Å². The molecule has 0 spiro atoms. The number of hydrogen-bond donors (Lipinski definition) is 1. The van der Waals surface area contributed by atoms with E-state index in [1.807, 2.05) is 0 Å². The summed E-state index contributed by atoms with van der Waals surface area (Å²) >= 11 is 0. The summed E-state index contributed by atoms with van der Waals surface area (Å²) in [5, 5.41) is 0. The van der Waals surface area contributed by atoms with E-state index in [2.05, 4.69) is 9.72 Å². The first-order valence-corrected chi connectivity index (χ1v) is 5.48. The molecule has 0 aliphatic heterocycles. The normalized spacial score (nSPS) is 10.2. The minimum absolute atomic E-state index is 0.00519.